The first-order valence-corrected chi connectivity index (χ1v) is 7.81. The number of fused-ring (bicyclic) bond motifs is 2. The second-order valence-corrected chi connectivity index (χ2v) is 6.31. The van der Waals surface area contributed by atoms with Gasteiger partial charge in [0.25, 0.3) is 5.56 Å². The molecule has 2 aliphatic heterocycles. The number of aromatic amines is 1. The maximum Gasteiger partial charge on any atom is 0.331 e. The number of H-pyrrole nitrogens is 1. The minimum atomic E-state index is -0.484. The molecule has 2 N–H and O–H groups in total. The topological polar surface area (TPSA) is 78.3 Å². The van der Waals surface area contributed by atoms with E-state index in [0.29, 0.717) is 24.1 Å². The zero-order valence-electron chi connectivity index (χ0n) is 12.6. The SMILES string of the molecule is CCc1c(O)n(C2CC3CCCC(C2)N3C)c(=O)[nH]c1=O. The number of hydrogen-bond acceptors (Lipinski definition) is 4. The summed E-state index contributed by atoms with van der Waals surface area (Å²) < 4.78 is 1.42. The van der Waals surface area contributed by atoms with E-state index >= 15 is 0 Å². The van der Waals surface area contributed by atoms with Gasteiger partial charge in [-0.15, -0.1) is 0 Å². The summed E-state index contributed by atoms with van der Waals surface area (Å²) in [4.78, 5) is 28.7. The van der Waals surface area contributed by atoms with E-state index < -0.39 is 11.2 Å². The molecule has 2 fully saturated rings. The van der Waals surface area contributed by atoms with E-state index in [9.17, 15) is 14.7 Å². The summed E-state index contributed by atoms with van der Waals surface area (Å²) in [7, 11) is 2.15. The summed E-state index contributed by atoms with van der Waals surface area (Å²) in [6.07, 6.45) is 5.65. The minimum absolute atomic E-state index is 0.0221. The molecule has 1 aromatic rings. The smallest absolute Gasteiger partial charge is 0.331 e. The van der Waals surface area contributed by atoms with E-state index in [-0.39, 0.29) is 11.9 Å². The van der Waals surface area contributed by atoms with Gasteiger partial charge in [-0.3, -0.25) is 14.3 Å². The van der Waals surface area contributed by atoms with Crippen LogP contribution in [-0.4, -0.2) is 38.7 Å². The largest absolute Gasteiger partial charge is 0.494 e. The van der Waals surface area contributed by atoms with Gasteiger partial charge < -0.3 is 10.0 Å². The fourth-order valence-corrected chi connectivity index (χ4v) is 4.03. The molecule has 0 saturated carbocycles. The molecule has 2 aliphatic rings. The van der Waals surface area contributed by atoms with Crippen LogP contribution in [0, 0.1) is 0 Å². The fraction of sp³-hybridized carbons (Fsp3) is 0.733. The van der Waals surface area contributed by atoms with Crippen LogP contribution < -0.4 is 11.2 Å². The average Bonchev–Trinajstić information content (AvgIpc) is 2.39. The number of piperidine rings is 2. The number of hydrogen-bond donors (Lipinski definition) is 2. The van der Waals surface area contributed by atoms with E-state index in [2.05, 4.69) is 16.9 Å². The molecule has 1 aromatic heterocycles. The Morgan fingerprint density at radius 3 is 2.38 bits per heavy atom. The number of nitrogens with one attached hydrogen (secondary N) is 1. The molecule has 0 radical (unpaired) electrons. The van der Waals surface area contributed by atoms with Crippen LogP contribution in [0.2, 0.25) is 0 Å². The van der Waals surface area contributed by atoms with Crippen molar-refractivity contribution in [3.05, 3.63) is 26.4 Å². The zero-order chi connectivity index (χ0) is 15.1. The van der Waals surface area contributed by atoms with E-state index in [0.717, 1.165) is 25.7 Å². The summed E-state index contributed by atoms with van der Waals surface area (Å²) in [5.41, 5.74) is -0.648. The highest BCUT2D eigenvalue weighted by atomic mass is 16.3. The molecule has 0 spiro atoms. The van der Waals surface area contributed by atoms with Crippen LogP contribution in [0.1, 0.15) is 50.6 Å². The first kappa shape index (κ1) is 14.4. The lowest BCUT2D eigenvalue weighted by molar-refractivity contribution is 0.0367. The molecule has 2 bridgehead atoms. The molecule has 6 nitrogen and oxygen atoms in total. The molecule has 2 atom stereocenters. The second-order valence-electron chi connectivity index (χ2n) is 6.31. The van der Waals surface area contributed by atoms with Gasteiger partial charge in [-0.05, 0) is 39.2 Å². The van der Waals surface area contributed by atoms with Crippen molar-refractivity contribution in [3.63, 3.8) is 0 Å². The average molecular weight is 293 g/mol. The number of aromatic nitrogens is 2. The number of aromatic hydroxyl groups is 1. The normalized spacial score (nSPS) is 29.5. The van der Waals surface area contributed by atoms with Crippen LogP contribution in [0.4, 0.5) is 0 Å². The Morgan fingerprint density at radius 1 is 1.19 bits per heavy atom. The van der Waals surface area contributed by atoms with Crippen molar-refractivity contribution in [2.24, 2.45) is 0 Å². The van der Waals surface area contributed by atoms with Gasteiger partial charge in [0.2, 0.25) is 5.88 Å². The van der Waals surface area contributed by atoms with Crippen LogP contribution >= 0.6 is 0 Å². The van der Waals surface area contributed by atoms with Crippen LogP contribution in [0.15, 0.2) is 9.59 Å². The van der Waals surface area contributed by atoms with Crippen LogP contribution in [0.25, 0.3) is 0 Å². The molecule has 3 heterocycles. The molecule has 0 amide bonds. The van der Waals surface area contributed by atoms with Gasteiger partial charge >= 0.3 is 5.69 Å². The first-order valence-electron chi connectivity index (χ1n) is 7.81. The van der Waals surface area contributed by atoms with E-state index in [1.165, 1.54) is 11.0 Å². The van der Waals surface area contributed by atoms with Gasteiger partial charge in [-0.25, -0.2) is 4.79 Å². The third-order valence-corrected chi connectivity index (χ3v) is 5.25. The lowest BCUT2D eigenvalue weighted by Crippen LogP contribution is -2.51. The molecule has 0 aliphatic carbocycles. The maximum atomic E-state index is 12.2. The highest BCUT2D eigenvalue weighted by molar-refractivity contribution is 5.23. The molecule has 3 rings (SSSR count). The summed E-state index contributed by atoms with van der Waals surface area (Å²) in [6, 6.07) is 0.905. The lowest BCUT2D eigenvalue weighted by atomic mass is 9.82. The molecule has 2 saturated heterocycles. The van der Waals surface area contributed by atoms with Crippen molar-refractivity contribution in [1.29, 1.82) is 0 Å². The summed E-state index contributed by atoms with van der Waals surface area (Å²) >= 11 is 0. The first-order chi connectivity index (χ1) is 10.0. The summed E-state index contributed by atoms with van der Waals surface area (Å²) in [6.45, 7) is 1.81. The third kappa shape index (κ3) is 2.31. The molecular formula is C15H23N3O3. The maximum absolute atomic E-state index is 12.2. The Kier molecular flexibility index (Phi) is 3.65. The minimum Gasteiger partial charge on any atom is -0.494 e. The fourth-order valence-electron chi connectivity index (χ4n) is 4.03. The quantitative estimate of drug-likeness (QED) is 0.852. The monoisotopic (exact) mass is 293 g/mol. The van der Waals surface area contributed by atoms with Crippen LogP contribution in [0.5, 0.6) is 5.88 Å². The Bertz CT molecular complexity index is 635. The molecule has 2 unspecified atom stereocenters. The standard InChI is InChI=1S/C15H23N3O3/c1-3-12-13(19)16-15(21)18(14(12)20)11-7-9-5-4-6-10(8-11)17(9)2/h9-11,20H,3-8H2,1-2H3,(H,16,19,21). The summed E-state index contributed by atoms with van der Waals surface area (Å²) in [5, 5.41) is 10.4. The Balaban J connectivity index is 2.02. The molecule has 0 aromatic carbocycles. The van der Waals surface area contributed by atoms with Gasteiger partial charge in [0.1, 0.15) is 0 Å². The Morgan fingerprint density at radius 2 is 1.81 bits per heavy atom. The van der Waals surface area contributed by atoms with Crippen molar-refractivity contribution >= 4 is 0 Å². The molecular weight excluding hydrogens is 270 g/mol. The zero-order valence-corrected chi connectivity index (χ0v) is 12.6. The predicted molar refractivity (Wildman–Crippen MR) is 79.8 cm³/mol. The Hall–Kier alpha value is -1.56. The second kappa shape index (κ2) is 5.33. The van der Waals surface area contributed by atoms with Crippen molar-refractivity contribution in [1.82, 2.24) is 14.5 Å². The van der Waals surface area contributed by atoms with Crippen molar-refractivity contribution in [2.75, 3.05) is 7.05 Å². The van der Waals surface area contributed by atoms with Crippen LogP contribution in [0.3, 0.4) is 0 Å². The van der Waals surface area contributed by atoms with Gasteiger partial charge in [-0.1, -0.05) is 13.3 Å². The third-order valence-electron chi connectivity index (χ3n) is 5.25. The van der Waals surface area contributed by atoms with Crippen molar-refractivity contribution in [3.8, 4) is 5.88 Å². The number of rotatable bonds is 2. The molecule has 116 valence electrons. The molecule has 21 heavy (non-hydrogen) atoms. The predicted octanol–water partition coefficient (Wildman–Crippen LogP) is 0.992. The highest BCUT2D eigenvalue weighted by Crippen LogP contribution is 2.38. The highest BCUT2D eigenvalue weighted by Gasteiger charge is 2.38. The van der Waals surface area contributed by atoms with Gasteiger partial charge in [-0.2, -0.15) is 0 Å². The van der Waals surface area contributed by atoms with E-state index in [1.807, 2.05) is 6.92 Å². The van der Waals surface area contributed by atoms with E-state index in [1.54, 1.807) is 0 Å². The number of nitrogens with zero attached hydrogens (tertiary/aromatic N) is 2. The van der Waals surface area contributed by atoms with Crippen molar-refractivity contribution in [2.45, 2.75) is 63.6 Å². The van der Waals surface area contributed by atoms with Crippen LogP contribution in [-0.2, 0) is 6.42 Å². The van der Waals surface area contributed by atoms with E-state index in [4.69, 9.17) is 0 Å². The lowest BCUT2D eigenvalue weighted by Gasteiger charge is -2.47. The van der Waals surface area contributed by atoms with Gasteiger partial charge in [0.15, 0.2) is 0 Å². The summed E-state index contributed by atoms with van der Waals surface area (Å²) in [5.74, 6) is -0.140. The van der Waals surface area contributed by atoms with Gasteiger partial charge in [0.05, 0.1) is 5.56 Å². The Labute approximate surface area is 123 Å². The van der Waals surface area contributed by atoms with Crippen molar-refractivity contribution < 1.29 is 5.11 Å². The molecule has 6 heteroatoms. The van der Waals surface area contributed by atoms with Gasteiger partial charge in [0, 0.05) is 18.1 Å².